The third-order valence-corrected chi connectivity index (χ3v) is 5.48. The fourth-order valence-corrected chi connectivity index (χ4v) is 3.63. The van der Waals surface area contributed by atoms with Crippen LogP contribution in [0.4, 0.5) is 20.2 Å². The van der Waals surface area contributed by atoms with Gasteiger partial charge in [0.15, 0.2) is 0 Å². The van der Waals surface area contributed by atoms with Crippen LogP contribution < -0.4 is 10.2 Å². The predicted molar refractivity (Wildman–Crippen MR) is 102 cm³/mol. The van der Waals surface area contributed by atoms with E-state index in [-0.39, 0.29) is 17.4 Å². The SMILES string of the molecule is O=C(Nc1ccccc1F)C1(C(=O)N2CCN(c3ccccc3F)CC2)CC1. The smallest absolute Gasteiger partial charge is 0.240 e. The van der Waals surface area contributed by atoms with E-state index in [4.69, 9.17) is 0 Å². The molecule has 2 aromatic rings. The topological polar surface area (TPSA) is 52.7 Å². The van der Waals surface area contributed by atoms with Crippen LogP contribution in [0.15, 0.2) is 48.5 Å². The molecule has 2 aliphatic rings. The maximum absolute atomic E-state index is 14.0. The molecule has 0 radical (unpaired) electrons. The van der Waals surface area contributed by atoms with Gasteiger partial charge in [0, 0.05) is 26.2 Å². The second kappa shape index (κ2) is 7.22. The van der Waals surface area contributed by atoms with E-state index >= 15 is 0 Å². The summed E-state index contributed by atoms with van der Waals surface area (Å²) in [7, 11) is 0. The highest BCUT2D eigenvalue weighted by atomic mass is 19.1. The first kappa shape index (κ1) is 18.4. The summed E-state index contributed by atoms with van der Waals surface area (Å²) in [5, 5.41) is 2.55. The molecule has 0 atom stereocenters. The lowest BCUT2D eigenvalue weighted by Gasteiger charge is -2.37. The van der Waals surface area contributed by atoms with Gasteiger partial charge in [-0.25, -0.2) is 8.78 Å². The molecule has 1 heterocycles. The highest BCUT2D eigenvalue weighted by molar-refractivity contribution is 6.13. The van der Waals surface area contributed by atoms with Gasteiger partial charge in [0.2, 0.25) is 11.8 Å². The van der Waals surface area contributed by atoms with Crippen LogP contribution >= 0.6 is 0 Å². The van der Waals surface area contributed by atoms with E-state index in [0.29, 0.717) is 44.7 Å². The minimum Gasteiger partial charge on any atom is -0.366 e. The Morgan fingerprint density at radius 2 is 1.46 bits per heavy atom. The van der Waals surface area contributed by atoms with Crippen LogP contribution in [0.2, 0.25) is 0 Å². The van der Waals surface area contributed by atoms with Crippen molar-refractivity contribution in [3.05, 3.63) is 60.2 Å². The van der Waals surface area contributed by atoms with E-state index in [0.717, 1.165) is 0 Å². The zero-order valence-electron chi connectivity index (χ0n) is 15.3. The Hall–Kier alpha value is -2.96. The Morgan fingerprint density at radius 1 is 0.857 bits per heavy atom. The number of rotatable bonds is 4. The molecule has 5 nitrogen and oxygen atoms in total. The van der Waals surface area contributed by atoms with Crippen molar-refractivity contribution >= 4 is 23.2 Å². The molecule has 1 aliphatic carbocycles. The van der Waals surface area contributed by atoms with Gasteiger partial charge in [0.05, 0.1) is 11.4 Å². The lowest BCUT2D eigenvalue weighted by molar-refractivity contribution is -0.142. The zero-order chi connectivity index (χ0) is 19.7. The second-order valence-electron chi connectivity index (χ2n) is 7.25. The van der Waals surface area contributed by atoms with Crippen LogP contribution in [0, 0.1) is 17.0 Å². The molecule has 2 aromatic carbocycles. The van der Waals surface area contributed by atoms with Gasteiger partial charge in [0.1, 0.15) is 17.0 Å². The third-order valence-electron chi connectivity index (χ3n) is 5.48. The number of halogens is 2. The van der Waals surface area contributed by atoms with Crippen molar-refractivity contribution in [2.75, 3.05) is 36.4 Å². The number of piperazine rings is 1. The summed E-state index contributed by atoms with van der Waals surface area (Å²) in [6.45, 7) is 1.83. The van der Waals surface area contributed by atoms with E-state index in [1.54, 1.807) is 29.2 Å². The number of anilines is 2. The standard InChI is InChI=1S/C21H21F2N3O2/c22-15-5-1-3-7-17(15)24-19(27)21(9-10-21)20(28)26-13-11-25(12-14-26)18-8-4-2-6-16(18)23/h1-8H,9-14H2,(H,24,27). The van der Waals surface area contributed by atoms with Gasteiger partial charge in [-0.2, -0.15) is 0 Å². The molecule has 146 valence electrons. The summed E-state index contributed by atoms with van der Waals surface area (Å²) in [5.41, 5.74) is -0.508. The van der Waals surface area contributed by atoms with E-state index in [9.17, 15) is 18.4 Å². The van der Waals surface area contributed by atoms with Crippen LogP contribution in [0.25, 0.3) is 0 Å². The molecular weight excluding hydrogens is 364 g/mol. The quantitative estimate of drug-likeness (QED) is 0.824. The Bertz CT molecular complexity index is 906. The molecule has 0 aromatic heterocycles. The number of carbonyl (C=O) groups excluding carboxylic acids is 2. The third kappa shape index (κ3) is 3.32. The minimum atomic E-state index is -1.11. The number of hydrogen-bond acceptors (Lipinski definition) is 3. The van der Waals surface area contributed by atoms with Crippen LogP contribution in [0.5, 0.6) is 0 Å². The number of benzene rings is 2. The molecule has 7 heteroatoms. The first-order valence-corrected chi connectivity index (χ1v) is 9.36. The van der Waals surface area contributed by atoms with Gasteiger partial charge >= 0.3 is 0 Å². The van der Waals surface area contributed by atoms with Gasteiger partial charge in [-0.3, -0.25) is 9.59 Å². The summed E-state index contributed by atoms with van der Waals surface area (Å²) in [4.78, 5) is 29.2. The number of amides is 2. The molecule has 0 unspecified atom stereocenters. The van der Waals surface area contributed by atoms with Gasteiger partial charge in [-0.15, -0.1) is 0 Å². The van der Waals surface area contributed by atoms with Crippen molar-refractivity contribution < 1.29 is 18.4 Å². The van der Waals surface area contributed by atoms with E-state index < -0.39 is 17.1 Å². The van der Waals surface area contributed by atoms with E-state index in [1.807, 2.05) is 4.90 Å². The maximum Gasteiger partial charge on any atom is 0.240 e. The molecule has 4 rings (SSSR count). The average Bonchev–Trinajstić information content (AvgIpc) is 3.52. The van der Waals surface area contributed by atoms with Crippen LogP contribution in [-0.2, 0) is 9.59 Å². The molecule has 2 amide bonds. The van der Waals surface area contributed by atoms with Crippen molar-refractivity contribution in [1.82, 2.24) is 4.90 Å². The second-order valence-corrected chi connectivity index (χ2v) is 7.25. The average molecular weight is 385 g/mol. The molecule has 0 bridgehead atoms. The molecule has 0 spiro atoms. The van der Waals surface area contributed by atoms with Gasteiger partial charge in [-0.05, 0) is 37.1 Å². The zero-order valence-corrected chi connectivity index (χ0v) is 15.3. The highest BCUT2D eigenvalue weighted by Crippen LogP contribution is 2.48. The van der Waals surface area contributed by atoms with Gasteiger partial charge in [0.25, 0.3) is 0 Å². The van der Waals surface area contributed by atoms with Crippen molar-refractivity contribution in [3.63, 3.8) is 0 Å². The van der Waals surface area contributed by atoms with Gasteiger partial charge < -0.3 is 15.1 Å². The monoisotopic (exact) mass is 385 g/mol. The van der Waals surface area contributed by atoms with Gasteiger partial charge in [-0.1, -0.05) is 24.3 Å². The number of nitrogens with one attached hydrogen (secondary N) is 1. The lowest BCUT2D eigenvalue weighted by Crippen LogP contribution is -2.52. The summed E-state index contributed by atoms with van der Waals surface area (Å²) >= 11 is 0. The summed E-state index contributed by atoms with van der Waals surface area (Å²) in [5.74, 6) is -1.50. The molecular formula is C21H21F2N3O2. The fourth-order valence-electron chi connectivity index (χ4n) is 3.63. The molecule has 1 saturated carbocycles. The maximum atomic E-state index is 14.0. The number of hydrogen-bond donors (Lipinski definition) is 1. The number of nitrogens with zero attached hydrogens (tertiary/aromatic N) is 2. The van der Waals surface area contributed by atoms with Crippen molar-refractivity contribution in [2.45, 2.75) is 12.8 Å². The van der Waals surface area contributed by atoms with E-state index in [2.05, 4.69) is 5.32 Å². The molecule has 2 fully saturated rings. The molecule has 1 N–H and O–H groups in total. The van der Waals surface area contributed by atoms with Crippen molar-refractivity contribution in [2.24, 2.45) is 5.41 Å². The first-order chi connectivity index (χ1) is 13.5. The molecule has 1 saturated heterocycles. The highest BCUT2D eigenvalue weighted by Gasteiger charge is 2.58. The summed E-state index contributed by atoms with van der Waals surface area (Å²) in [6, 6.07) is 12.5. The van der Waals surface area contributed by atoms with Crippen LogP contribution in [0.3, 0.4) is 0 Å². The first-order valence-electron chi connectivity index (χ1n) is 9.36. The molecule has 1 aliphatic heterocycles. The Kier molecular flexibility index (Phi) is 4.75. The Labute approximate surface area is 161 Å². The number of para-hydroxylation sites is 2. The van der Waals surface area contributed by atoms with Crippen molar-refractivity contribution in [3.8, 4) is 0 Å². The fraction of sp³-hybridized carbons (Fsp3) is 0.333. The van der Waals surface area contributed by atoms with Crippen molar-refractivity contribution in [1.29, 1.82) is 0 Å². The normalized spacial score (nSPS) is 17.9. The lowest BCUT2D eigenvalue weighted by atomic mass is 10.0. The Morgan fingerprint density at radius 3 is 2.07 bits per heavy atom. The summed E-state index contributed by atoms with van der Waals surface area (Å²) in [6.07, 6.45) is 0.916. The largest absolute Gasteiger partial charge is 0.366 e. The van der Waals surface area contributed by atoms with Crippen LogP contribution in [0.1, 0.15) is 12.8 Å². The summed E-state index contributed by atoms with van der Waals surface area (Å²) < 4.78 is 27.8. The van der Waals surface area contributed by atoms with Crippen LogP contribution in [-0.4, -0.2) is 42.9 Å². The number of carbonyl (C=O) groups is 2. The molecule has 28 heavy (non-hydrogen) atoms. The van der Waals surface area contributed by atoms with E-state index in [1.165, 1.54) is 24.3 Å². The predicted octanol–water partition coefficient (Wildman–Crippen LogP) is 3.03. The minimum absolute atomic E-state index is 0.0796. The Balaban J connectivity index is 1.40.